The molecule has 13 heavy (non-hydrogen) atoms. The van der Waals surface area contributed by atoms with Crippen LogP contribution in [0, 0.1) is 11.3 Å². The van der Waals surface area contributed by atoms with Crippen molar-refractivity contribution in [2.75, 3.05) is 13.2 Å². The third-order valence-corrected chi connectivity index (χ3v) is 2.01. The first-order valence-corrected chi connectivity index (χ1v) is 4.18. The van der Waals surface area contributed by atoms with E-state index in [1.54, 1.807) is 12.1 Å². The van der Waals surface area contributed by atoms with Crippen LogP contribution in [-0.4, -0.2) is 13.2 Å². The lowest BCUT2D eigenvalue weighted by atomic mass is 10.2. The van der Waals surface area contributed by atoms with E-state index in [9.17, 15) is 0 Å². The second kappa shape index (κ2) is 3.15. The maximum Gasteiger partial charge on any atom is 0.180 e. The van der Waals surface area contributed by atoms with E-state index < -0.39 is 0 Å². The minimum absolute atomic E-state index is 0.425. The van der Waals surface area contributed by atoms with Gasteiger partial charge in [-0.25, -0.2) is 0 Å². The maximum atomic E-state index is 8.66. The number of fused-ring (bicyclic) bond motifs is 1. The molecule has 1 aliphatic heterocycles. The molecule has 2 rings (SSSR count). The molecule has 0 aliphatic carbocycles. The van der Waals surface area contributed by atoms with Crippen LogP contribution in [0.1, 0.15) is 5.56 Å². The Morgan fingerprint density at radius 3 is 2.85 bits per heavy atom. The number of hydrogen-bond acceptors (Lipinski definition) is 3. The van der Waals surface area contributed by atoms with Gasteiger partial charge in [0.2, 0.25) is 0 Å². The molecule has 66 valence electrons. The van der Waals surface area contributed by atoms with Gasteiger partial charge in [0.25, 0.3) is 0 Å². The molecule has 4 heteroatoms. The van der Waals surface area contributed by atoms with Crippen LogP contribution in [0.4, 0.5) is 0 Å². The van der Waals surface area contributed by atoms with E-state index in [2.05, 4.69) is 0 Å². The first-order chi connectivity index (χ1) is 6.31. The molecule has 0 unspecified atom stereocenters. The number of nitrogens with zero attached hydrogens (tertiary/aromatic N) is 1. The molecule has 3 nitrogen and oxygen atoms in total. The summed E-state index contributed by atoms with van der Waals surface area (Å²) < 4.78 is 10.6. The van der Waals surface area contributed by atoms with Crippen molar-refractivity contribution in [3.63, 3.8) is 0 Å². The summed E-state index contributed by atoms with van der Waals surface area (Å²) in [5.41, 5.74) is 0.481. The summed E-state index contributed by atoms with van der Waals surface area (Å²) in [6, 6.07) is 5.19. The van der Waals surface area contributed by atoms with Crippen molar-refractivity contribution in [3.05, 3.63) is 22.7 Å². The molecule has 0 atom stereocenters. The lowest BCUT2D eigenvalue weighted by Gasteiger charge is -2.19. The van der Waals surface area contributed by atoms with Crippen molar-refractivity contribution in [1.29, 1.82) is 5.26 Å². The standard InChI is InChI=1S/C9H6ClNO2/c10-7-3-6(5-11)4-8-9(7)13-2-1-12-8/h3-4H,1-2H2. The predicted molar refractivity (Wildman–Crippen MR) is 47.2 cm³/mol. The number of ether oxygens (including phenoxy) is 2. The zero-order chi connectivity index (χ0) is 9.26. The summed E-state index contributed by atoms with van der Waals surface area (Å²) >= 11 is 5.87. The molecule has 1 heterocycles. The highest BCUT2D eigenvalue weighted by Gasteiger charge is 2.16. The fourth-order valence-corrected chi connectivity index (χ4v) is 1.44. The zero-order valence-corrected chi connectivity index (χ0v) is 7.47. The van der Waals surface area contributed by atoms with E-state index in [1.807, 2.05) is 6.07 Å². The number of halogens is 1. The molecule has 1 aromatic rings. The smallest absolute Gasteiger partial charge is 0.180 e. The predicted octanol–water partition coefficient (Wildman–Crippen LogP) is 1.98. The molecule has 0 amide bonds. The van der Waals surface area contributed by atoms with Crippen molar-refractivity contribution in [2.24, 2.45) is 0 Å². The van der Waals surface area contributed by atoms with Gasteiger partial charge >= 0.3 is 0 Å². The summed E-state index contributed by atoms with van der Waals surface area (Å²) in [6.07, 6.45) is 0. The minimum atomic E-state index is 0.425. The Balaban J connectivity index is 2.54. The number of benzene rings is 1. The summed E-state index contributed by atoms with van der Waals surface area (Å²) in [6.45, 7) is 0.997. The summed E-state index contributed by atoms with van der Waals surface area (Å²) in [5.74, 6) is 1.09. The Morgan fingerprint density at radius 1 is 1.31 bits per heavy atom. The molecule has 0 fully saturated rings. The van der Waals surface area contributed by atoms with Crippen molar-refractivity contribution < 1.29 is 9.47 Å². The summed E-state index contributed by atoms with van der Waals surface area (Å²) in [4.78, 5) is 0. The van der Waals surface area contributed by atoms with E-state index in [0.717, 1.165) is 0 Å². The van der Waals surface area contributed by atoms with Gasteiger partial charge in [-0.1, -0.05) is 11.6 Å². The van der Waals surface area contributed by atoms with Crippen molar-refractivity contribution in [3.8, 4) is 17.6 Å². The molecule has 0 bridgehead atoms. The van der Waals surface area contributed by atoms with Crippen molar-refractivity contribution in [1.82, 2.24) is 0 Å². The monoisotopic (exact) mass is 195 g/mol. The SMILES string of the molecule is N#Cc1cc(Cl)c2c(c1)OCCO2. The van der Waals surface area contributed by atoms with E-state index in [-0.39, 0.29) is 0 Å². The molecule has 1 aliphatic rings. The highest BCUT2D eigenvalue weighted by atomic mass is 35.5. The van der Waals surface area contributed by atoms with Gasteiger partial charge in [-0.15, -0.1) is 0 Å². The molecule has 0 saturated heterocycles. The quantitative estimate of drug-likeness (QED) is 0.636. The van der Waals surface area contributed by atoms with Crippen LogP contribution < -0.4 is 9.47 Å². The fraction of sp³-hybridized carbons (Fsp3) is 0.222. The Morgan fingerprint density at radius 2 is 2.08 bits per heavy atom. The molecule has 0 spiro atoms. The minimum Gasteiger partial charge on any atom is -0.486 e. The van der Waals surface area contributed by atoms with E-state index in [1.165, 1.54) is 0 Å². The third-order valence-electron chi connectivity index (χ3n) is 1.73. The average Bonchev–Trinajstić information content (AvgIpc) is 2.18. The van der Waals surface area contributed by atoms with Gasteiger partial charge in [-0.2, -0.15) is 5.26 Å². The highest BCUT2D eigenvalue weighted by molar-refractivity contribution is 6.32. The van der Waals surface area contributed by atoms with Gasteiger partial charge in [0, 0.05) is 6.07 Å². The van der Waals surface area contributed by atoms with Crippen LogP contribution in [0.3, 0.4) is 0 Å². The molecule has 0 radical (unpaired) electrons. The lowest BCUT2D eigenvalue weighted by molar-refractivity contribution is 0.171. The van der Waals surface area contributed by atoms with E-state index in [4.69, 9.17) is 26.3 Å². The molecule has 0 aromatic heterocycles. The van der Waals surface area contributed by atoms with Gasteiger partial charge in [-0.3, -0.25) is 0 Å². The lowest BCUT2D eigenvalue weighted by Crippen LogP contribution is -2.15. The molecule has 0 N–H and O–H groups in total. The fourth-order valence-electron chi connectivity index (χ4n) is 1.18. The van der Waals surface area contributed by atoms with Crippen LogP contribution in [0.15, 0.2) is 12.1 Å². The molecular formula is C9H6ClNO2. The first-order valence-electron chi connectivity index (χ1n) is 3.80. The van der Waals surface area contributed by atoms with Crippen LogP contribution in [-0.2, 0) is 0 Å². The Labute approximate surface area is 80.4 Å². The largest absolute Gasteiger partial charge is 0.486 e. The van der Waals surface area contributed by atoms with Crippen LogP contribution in [0.2, 0.25) is 5.02 Å². The van der Waals surface area contributed by atoms with E-state index in [0.29, 0.717) is 35.3 Å². The first kappa shape index (κ1) is 8.21. The number of nitriles is 1. The molecular weight excluding hydrogens is 190 g/mol. The van der Waals surface area contributed by atoms with Gasteiger partial charge in [0.1, 0.15) is 13.2 Å². The Bertz CT molecular complexity index is 384. The second-order valence-electron chi connectivity index (χ2n) is 2.59. The van der Waals surface area contributed by atoms with Crippen LogP contribution >= 0.6 is 11.6 Å². The van der Waals surface area contributed by atoms with Crippen molar-refractivity contribution >= 4 is 11.6 Å². The number of hydrogen-bond donors (Lipinski definition) is 0. The van der Waals surface area contributed by atoms with Gasteiger partial charge < -0.3 is 9.47 Å². The van der Waals surface area contributed by atoms with Gasteiger partial charge in [0.05, 0.1) is 16.7 Å². The van der Waals surface area contributed by atoms with Gasteiger partial charge in [-0.05, 0) is 6.07 Å². The Kier molecular flexibility index (Phi) is 1.99. The topological polar surface area (TPSA) is 42.2 Å². The second-order valence-corrected chi connectivity index (χ2v) is 3.00. The maximum absolute atomic E-state index is 8.66. The average molecular weight is 196 g/mol. The summed E-state index contributed by atoms with van der Waals surface area (Å²) in [7, 11) is 0. The Hall–Kier alpha value is -1.40. The van der Waals surface area contributed by atoms with Gasteiger partial charge in [0.15, 0.2) is 11.5 Å². The third kappa shape index (κ3) is 1.41. The van der Waals surface area contributed by atoms with Crippen LogP contribution in [0.5, 0.6) is 11.5 Å². The molecule has 0 saturated carbocycles. The normalized spacial score (nSPS) is 13.5. The zero-order valence-electron chi connectivity index (χ0n) is 6.71. The number of rotatable bonds is 0. The summed E-state index contributed by atoms with van der Waals surface area (Å²) in [5, 5.41) is 9.08. The van der Waals surface area contributed by atoms with Crippen molar-refractivity contribution in [2.45, 2.75) is 0 Å². The highest BCUT2D eigenvalue weighted by Crippen LogP contribution is 2.37. The van der Waals surface area contributed by atoms with Crippen LogP contribution in [0.25, 0.3) is 0 Å². The molecule has 1 aromatic carbocycles. The van der Waals surface area contributed by atoms with E-state index >= 15 is 0 Å².